The van der Waals surface area contributed by atoms with Gasteiger partial charge in [-0.25, -0.2) is 4.98 Å². The van der Waals surface area contributed by atoms with Gasteiger partial charge < -0.3 is 15.5 Å². The van der Waals surface area contributed by atoms with Crippen LogP contribution < -0.4 is 5.32 Å². The number of anilines is 1. The number of pyridine rings is 1. The van der Waals surface area contributed by atoms with Crippen LogP contribution >= 0.6 is 15.9 Å². The highest BCUT2D eigenvalue weighted by Gasteiger charge is 2.16. The molecule has 23 heavy (non-hydrogen) atoms. The van der Waals surface area contributed by atoms with E-state index in [0.29, 0.717) is 4.47 Å². The van der Waals surface area contributed by atoms with Gasteiger partial charge in [0, 0.05) is 10.7 Å². The maximum Gasteiger partial charge on any atom is 0.275 e. The summed E-state index contributed by atoms with van der Waals surface area (Å²) in [6.45, 7) is 2.11. The molecule has 2 aromatic rings. The lowest BCUT2D eigenvalue weighted by Crippen LogP contribution is -2.14. The molecule has 0 radical (unpaired) electrons. The smallest absolute Gasteiger partial charge is 0.275 e. The molecule has 1 aromatic heterocycles. The van der Waals surface area contributed by atoms with Crippen LogP contribution in [0.5, 0.6) is 11.5 Å². The first-order valence-electron chi connectivity index (χ1n) is 7.49. The summed E-state index contributed by atoms with van der Waals surface area (Å²) in [6, 6.07) is 6.52. The molecule has 0 saturated heterocycles. The summed E-state index contributed by atoms with van der Waals surface area (Å²) in [7, 11) is 0. The van der Waals surface area contributed by atoms with Crippen LogP contribution in [-0.2, 0) is 6.42 Å². The highest BCUT2D eigenvalue weighted by molar-refractivity contribution is 9.10. The Kier molecular flexibility index (Phi) is 5.98. The van der Waals surface area contributed by atoms with Crippen molar-refractivity contribution < 1.29 is 15.0 Å². The lowest BCUT2D eigenvalue weighted by atomic mass is 10.1. The van der Waals surface area contributed by atoms with Gasteiger partial charge in [-0.2, -0.15) is 0 Å². The third kappa shape index (κ3) is 4.45. The second-order valence-electron chi connectivity index (χ2n) is 5.25. The maximum absolute atomic E-state index is 12.2. The Bertz CT molecular complexity index is 681. The molecule has 122 valence electrons. The van der Waals surface area contributed by atoms with E-state index < -0.39 is 5.91 Å². The average Bonchev–Trinajstić information content (AvgIpc) is 2.51. The molecule has 1 aromatic carbocycles. The molecule has 0 atom stereocenters. The number of halogens is 1. The van der Waals surface area contributed by atoms with Crippen molar-refractivity contribution in [1.82, 2.24) is 4.98 Å². The van der Waals surface area contributed by atoms with Crippen LogP contribution in [-0.4, -0.2) is 21.1 Å². The highest BCUT2D eigenvalue weighted by atomic mass is 79.9. The monoisotopic (exact) mass is 378 g/mol. The van der Waals surface area contributed by atoms with E-state index in [1.165, 1.54) is 6.20 Å². The van der Waals surface area contributed by atoms with Crippen molar-refractivity contribution in [1.29, 1.82) is 0 Å². The standard InChI is InChI=1S/C17H19BrN2O3/c1-2-3-4-6-11-9-13(21)16(14(22)10-11)20-17(23)15-12(18)7-5-8-19-15/h5,7-10,21-22H,2-4,6H2,1H3,(H,20,23). The predicted molar refractivity (Wildman–Crippen MR) is 92.9 cm³/mol. The number of hydrogen-bond acceptors (Lipinski definition) is 4. The quantitative estimate of drug-likeness (QED) is 0.518. The van der Waals surface area contributed by atoms with Gasteiger partial charge in [-0.05, 0) is 58.6 Å². The third-order valence-electron chi connectivity index (χ3n) is 3.44. The SMILES string of the molecule is CCCCCc1cc(O)c(NC(=O)c2ncccc2Br)c(O)c1. The van der Waals surface area contributed by atoms with Crippen LogP contribution in [0.4, 0.5) is 5.69 Å². The fourth-order valence-electron chi connectivity index (χ4n) is 2.25. The maximum atomic E-state index is 12.2. The van der Waals surface area contributed by atoms with E-state index in [1.54, 1.807) is 24.3 Å². The largest absolute Gasteiger partial charge is 0.506 e. The van der Waals surface area contributed by atoms with Gasteiger partial charge in [0.15, 0.2) is 0 Å². The number of aryl methyl sites for hydroxylation is 1. The summed E-state index contributed by atoms with van der Waals surface area (Å²) in [5.41, 5.74) is 1.01. The predicted octanol–water partition coefficient (Wildman–Crippen LogP) is 4.24. The lowest BCUT2D eigenvalue weighted by molar-refractivity contribution is 0.102. The molecule has 6 heteroatoms. The zero-order valence-electron chi connectivity index (χ0n) is 12.8. The first-order valence-corrected chi connectivity index (χ1v) is 8.29. The van der Waals surface area contributed by atoms with Crippen molar-refractivity contribution in [2.45, 2.75) is 32.6 Å². The Morgan fingerprint density at radius 1 is 1.26 bits per heavy atom. The summed E-state index contributed by atoms with van der Waals surface area (Å²) >= 11 is 3.25. The number of aromatic hydroxyl groups is 2. The fraction of sp³-hybridized carbons (Fsp3) is 0.294. The summed E-state index contributed by atoms with van der Waals surface area (Å²) in [5, 5.41) is 22.7. The van der Waals surface area contributed by atoms with Crippen LogP contribution in [0, 0.1) is 0 Å². The zero-order chi connectivity index (χ0) is 16.8. The number of hydrogen-bond donors (Lipinski definition) is 3. The van der Waals surface area contributed by atoms with Gasteiger partial charge in [-0.1, -0.05) is 19.8 Å². The number of benzene rings is 1. The molecular formula is C17H19BrN2O3. The molecule has 0 aliphatic carbocycles. The Morgan fingerprint density at radius 3 is 2.57 bits per heavy atom. The molecule has 0 spiro atoms. The van der Waals surface area contributed by atoms with Crippen molar-refractivity contribution in [3.63, 3.8) is 0 Å². The van der Waals surface area contributed by atoms with Gasteiger partial charge in [0.05, 0.1) is 0 Å². The number of phenols is 2. The van der Waals surface area contributed by atoms with E-state index in [2.05, 4.69) is 33.2 Å². The second kappa shape index (κ2) is 7.97. The number of unbranched alkanes of at least 4 members (excludes halogenated alkanes) is 2. The first-order chi connectivity index (χ1) is 11.0. The van der Waals surface area contributed by atoms with Crippen molar-refractivity contribution >= 4 is 27.5 Å². The number of aromatic nitrogens is 1. The van der Waals surface area contributed by atoms with E-state index in [1.807, 2.05) is 0 Å². The highest BCUT2D eigenvalue weighted by Crippen LogP contribution is 2.35. The summed E-state index contributed by atoms with van der Waals surface area (Å²) in [5.74, 6) is -0.824. The molecule has 3 N–H and O–H groups in total. The molecule has 1 amide bonds. The number of carbonyl (C=O) groups excluding carboxylic acids is 1. The van der Waals surface area contributed by atoms with Gasteiger partial charge in [0.2, 0.25) is 0 Å². The number of phenolic OH excluding ortho intramolecular Hbond substituents is 2. The lowest BCUT2D eigenvalue weighted by Gasteiger charge is -2.12. The minimum Gasteiger partial charge on any atom is -0.506 e. The van der Waals surface area contributed by atoms with Crippen LogP contribution in [0.25, 0.3) is 0 Å². The van der Waals surface area contributed by atoms with Crippen molar-refractivity contribution in [2.75, 3.05) is 5.32 Å². The van der Waals surface area contributed by atoms with Gasteiger partial charge in [-0.3, -0.25) is 4.79 Å². The van der Waals surface area contributed by atoms with Crippen LogP contribution in [0.2, 0.25) is 0 Å². The minimum atomic E-state index is -0.512. The Morgan fingerprint density at radius 2 is 1.96 bits per heavy atom. The number of rotatable bonds is 6. The van der Waals surface area contributed by atoms with Gasteiger partial charge in [0.1, 0.15) is 22.9 Å². The molecule has 0 aliphatic rings. The molecule has 0 saturated carbocycles. The topological polar surface area (TPSA) is 82.5 Å². The van der Waals surface area contributed by atoms with Crippen LogP contribution in [0.1, 0.15) is 42.2 Å². The van der Waals surface area contributed by atoms with Gasteiger partial charge >= 0.3 is 0 Å². The molecule has 1 heterocycles. The molecule has 2 rings (SSSR count). The van der Waals surface area contributed by atoms with Crippen molar-refractivity contribution in [3.05, 3.63) is 46.2 Å². The van der Waals surface area contributed by atoms with Gasteiger partial charge in [-0.15, -0.1) is 0 Å². The zero-order valence-corrected chi connectivity index (χ0v) is 14.4. The van der Waals surface area contributed by atoms with Crippen molar-refractivity contribution in [3.8, 4) is 11.5 Å². The van der Waals surface area contributed by atoms with Crippen LogP contribution in [0.3, 0.4) is 0 Å². The fourth-order valence-corrected chi connectivity index (χ4v) is 2.68. The van der Waals surface area contributed by atoms with Crippen LogP contribution in [0.15, 0.2) is 34.9 Å². The van der Waals surface area contributed by atoms with E-state index in [-0.39, 0.29) is 22.9 Å². The Hall–Kier alpha value is -2.08. The molecule has 0 unspecified atom stereocenters. The average molecular weight is 379 g/mol. The van der Waals surface area contributed by atoms with E-state index >= 15 is 0 Å². The first kappa shape index (κ1) is 17.3. The number of carbonyl (C=O) groups is 1. The molecule has 5 nitrogen and oxygen atoms in total. The number of nitrogens with zero attached hydrogens (tertiary/aromatic N) is 1. The van der Waals surface area contributed by atoms with E-state index in [0.717, 1.165) is 31.2 Å². The summed E-state index contributed by atoms with van der Waals surface area (Å²) in [6.07, 6.45) is 5.45. The van der Waals surface area contributed by atoms with Gasteiger partial charge in [0.25, 0.3) is 5.91 Å². The van der Waals surface area contributed by atoms with E-state index in [9.17, 15) is 15.0 Å². The third-order valence-corrected chi connectivity index (χ3v) is 4.08. The number of amides is 1. The van der Waals surface area contributed by atoms with E-state index in [4.69, 9.17) is 0 Å². The molecule has 0 bridgehead atoms. The molecule has 0 fully saturated rings. The number of nitrogens with one attached hydrogen (secondary N) is 1. The summed E-state index contributed by atoms with van der Waals surface area (Å²) in [4.78, 5) is 16.2. The van der Waals surface area contributed by atoms with Crippen molar-refractivity contribution in [2.24, 2.45) is 0 Å². The summed E-state index contributed by atoms with van der Waals surface area (Å²) < 4.78 is 0.535. The minimum absolute atomic E-state index is 0.00760. The molecular weight excluding hydrogens is 360 g/mol. The second-order valence-corrected chi connectivity index (χ2v) is 6.11. The molecule has 0 aliphatic heterocycles. The Labute approximate surface area is 143 Å². The Balaban J connectivity index is 2.17. The normalized spacial score (nSPS) is 10.5.